The summed E-state index contributed by atoms with van der Waals surface area (Å²) in [7, 11) is 3.28. The van der Waals surface area contributed by atoms with E-state index >= 15 is 0 Å². The summed E-state index contributed by atoms with van der Waals surface area (Å²) in [4.78, 5) is 30.6. The van der Waals surface area contributed by atoms with E-state index in [9.17, 15) is 9.59 Å². The van der Waals surface area contributed by atoms with Crippen LogP contribution in [0, 0.1) is 0 Å². The van der Waals surface area contributed by atoms with Gasteiger partial charge in [-0.1, -0.05) is 29.8 Å². The van der Waals surface area contributed by atoms with Crippen molar-refractivity contribution in [3.63, 3.8) is 0 Å². The first-order chi connectivity index (χ1) is 16.4. The maximum absolute atomic E-state index is 12.6. The summed E-state index contributed by atoms with van der Waals surface area (Å²) in [6.07, 6.45) is 8.41. The van der Waals surface area contributed by atoms with E-state index in [4.69, 9.17) is 16.7 Å². The van der Waals surface area contributed by atoms with Gasteiger partial charge >= 0.3 is 0 Å². The van der Waals surface area contributed by atoms with E-state index in [1.54, 1.807) is 55.4 Å². The molecule has 2 aromatic carbocycles. The average molecular weight is 472 g/mol. The quantitative estimate of drug-likeness (QED) is 0.404. The van der Waals surface area contributed by atoms with Gasteiger partial charge in [0.25, 0.3) is 5.91 Å². The van der Waals surface area contributed by atoms with Gasteiger partial charge in [0.15, 0.2) is 0 Å². The lowest BCUT2D eigenvalue weighted by molar-refractivity contribution is -0.111. The number of nitrogens with one attached hydrogen (secondary N) is 1. The maximum atomic E-state index is 12.6. The number of carbonyl (C=O) groups is 2. The van der Waals surface area contributed by atoms with Crippen LogP contribution >= 0.6 is 11.6 Å². The summed E-state index contributed by atoms with van der Waals surface area (Å²) >= 11 is 6.15. The number of rotatable bonds is 6. The number of nitrogens with zero attached hydrogens (tertiary/aromatic N) is 4. The van der Waals surface area contributed by atoms with Crippen LogP contribution < -0.4 is 5.32 Å². The number of para-hydroxylation sites is 1. The number of halogens is 1. The monoisotopic (exact) mass is 471 g/mol. The van der Waals surface area contributed by atoms with Crippen LogP contribution in [0.15, 0.2) is 85.3 Å². The van der Waals surface area contributed by atoms with Crippen LogP contribution in [0.3, 0.4) is 0 Å². The highest BCUT2D eigenvalue weighted by Crippen LogP contribution is 2.25. The molecule has 4 aromatic rings. The molecule has 0 bridgehead atoms. The van der Waals surface area contributed by atoms with Gasteiger partial charge in [-0.25, -0.2) is 4.68 Å². The normalized spacial score (nSPS) is 10.9. The van der Waals surface area contributed by atoms with Crippen LogP contribution in [0.1, 0.15) is 15.9 Å². The molecule has 0 spiro atoms. The first-order valence-corrected chi connectivity index (χ1v) is 10.9. The second-order valence-corrected chi connectivity index (χ2v) is 8.08. The van der Waals surface area contributed by atoms with Gasteiger partial charge in [0.05, 0.1) is 16.3 Å². The van der Waals surface area contributed by atoms with E-state index in [0.29, 0.717) is 22.0 Å². The molecule has 1 N–H and O–H groups in total. The molecule has 34 heavy (non-hydrogen) atoms. The van der Waals surface area contributed by atoms with Crippen LogP contribution in [0.25, 0.3) is 23.0 Å². The van der Waals surface area contributed by atoms with E-state index in [2.05, 4.69) is 10.3 Å². The number of hydrogen-bond acceptors (Lipinski definition) is 4. The summed E-state index contributed by atoms with van der Waals surface area (Å²) in [5, 5.41) is 7.80. The van der Waals surface area contributed by atoms with Crippen molar-refractivity contribution in [2.75, 3.05) is 19.4 Å². The van der Waals surface area contributed by atoms with Gasteiger partial charge in [0.2, 0.25) is 5.91 Å². The number of amides is 2. The smallest absolute Gasteiger partial charge is 0.254 e. The van der Waals surface area contributed by atoms with Gasteiger partial charge in [0, 0.05) is 55.6 Å². The lowest BCUT2D eigenvalue weighted by Gasteiger charge is -2.13. The molecule has 0 aliphatic rings. The fourth-order valence-corrected chi connectivity index (χ4v) is 3.51. The summed E-state index contributed by atoms with van der Waals surface area (Å²) in [6.45, 7) is 0. The molecule has 2 heterocycles. The van der Waals surface area contributed by atoms with Crippen molar-refractivity contribution in [3.05, 3.63) is 101 Å². The third kappa shape index (κ3) is 5.22. The molecule has 170 valence electrons. The lowest BCUT2D eigenvalue weighted by atomic mass is 10.1. The van der Waals surface area contributed by atoms with Crippen LogP contribution in [0.2, 0.25) is 5.02 Å². The first kappa shape index (κ1) is 22.9. The Morgan fingerprint density at radius 1 is 1.06 bits per heavy atom. The highest BCUT2D eigenvalue weighted by atomic mass is 35.5. The van der Waals surface area contributed by atoms with Crippen LogP contribution in [0.4, 0.5) is 5.69 Å². The molecule has 0 aliphatic carbocycles. The third-order valence-electron chi connectivity index (χ3n) is 4.98. The van der Waals surface area contributed by atoms with Gasteiger partial charge in [-0.15, -0.1) is 0 Å². The fourth-order valence-electron chi connectivity index (χ4n) is 3.31. The van der Waals surface area contributed by atoms with Gasteiger partial charge in [-0.05, 0) is 48.5 Å². The fraction of sp³-hybridized carbons (Fsp3) is 0.0769. The van der Waals surface area contributed by atoms with Gasteiger partial charge in [-0.2, -0.15) is 5.10 Å². The Labute approximate surface area is 202 Å². The second kappa shape index (κ2) is 10.1. The second-order valence-electron chi connectivity index (χ2n) is 7.67. The molecule has 0 saturated carbocycles. The minimum atomic E-state index is -0.352. The highest BCUT2D eigenvalue weighted by molar-refractivity contribution is 6.34. The molecule has 8 heteroatoms. The average Bonchev–Trinajstić information content (AvgIpc) is 3.29. The lowest BCUT2D eigenvalue weighted by Crippen LogP contribution is -2.22. The number of anilines is 1. The van der Waals surface area contributed by atoms with Gasteiger partial charge in [-0.3, -0.25) is 14.6 Å². The highest BCUT2D eigenvalue weighted by Gasteiger charge is 2.14. The number of benzene rings is 2. The van der Waals surface area contributed by atoms with E-state index in [0.717, 1.165) is 16.8 Å². The van der Waals surface area contributed by atoms with Crippen molar-refractivity contribution in [1.82, 2.24) is 19.7 Å². The third-order valence-corrected chi connectivity index (χ3v) is 5.31. The van der Waals surface area contributed by atoms with Crippen molar-refractivity contribution in [1.29, 1.82) is 0 Å². The maximum Gasteiger partial charge on any atom is 0.254 e. The first-order valence-electron chi connectivity index (χ1n) is 10.5. The van der Waals surface area contributed by atoms with E-state index in [1.807, 2.05) is 48.7 Å². The van der Waals surface area contributed by atoms with Crippen molar-refractivity contribution < 1.29 is 9.59 Å². The number of pyridine rings is 1. The summed E-state index contributed by atoms with van der Waals surface area (Å²) in [6, 6.07) is 18.3. The molecule has 0 aliphatic heterocycles. The Hall–Kier alpha value is -4.23. The zero-order valence-corrected chi connectivity index (χ0v) is 19.4. The molecule has 0 fully saturated rings. The summed E-state index contributed by atoms with van der Waals surface area (Å²) in [5.74, 6) is -0.596. The molecule has 0 radical (unpaired) electrons. The molecule has 4 rings (SSSR count). The van der Waals surface area contributed by atoms with Crippen molar-refractivity contribution in [3.8, 4) is 16.9 Å². The van der Waals surface area contributed by atoms with Crippen LogP contribution in [-0.2, 0) is 4.79 Å². The standard InChI is InChI=1S/C26H22ClN5O2/c1-31(2)26(34)22-15-20(11-12-23(22)27)29-24(33)13-10-19-17-32(21-8-4-3-5-9-21)30-25(19)18-7-6-14-28-16-18/h3-17H,1-2H3,(H,29,33). The number of aromatic nitrogens is 3. The van der Waals surface area contributed by atoms with Crippen LogP contribution in [-0.4, -0.2) is 45.6 Å². The van der Waals surface area contributed by atoms with Crippen LogP contribution in [0.5, 0.6) is 0 Å². The number of hydrogen-bond donors (Lipinski definition) is 1. The molecular formula is C26H22ClN5O2. The molecule has 7 nitrogen and oxygen atoms in total. The molecule has 0 saturated heterocycles. The SMILES string of the molecule is CN(C)C(=O)c1cc(NC(=O)C=Cc2cn(-c3ccccc3)nc2-c2cccnc2)ccc1Cl. The Balaban J connectivity index is 1.60. The molecule has 0 unspecified atom stereocenters. The van der Waals surface area contributed by atoms with E-state index < -0.39 is 0 Å². The summed E-state index contributed by atoms with van der Waals surface area (Å²) in [5.41, 5.74) is 3.98. The zero-order chi connectivity index (χ0) is 24.1. The summed E-state index contributed by atoms with van der Waals surface area (Å²) < 4.78 is 1.76. The molecule has 2 aromatic heterocycles. The van der Waals surface area contributed by atoms with Gasteiger partial charge < -0.3 is 10.2 Å². The van der Waals surface area contributed by atoms with Crippen molar-refractivity contribution >= 4 is 35.2 Å². The van der Waals surface area contributed by atoms with E-state index in [-0.39, 0.29) is 11.8 Å². The van der Waals surface area contributed by atoms with Crippen molar-refractivity contribution in [2.24, 2.45) is 0 Å². The van der Waals surface area contributed by atoms with Crippen molar-refractivity contribution in [2.45, 2.75) is 0 Å². The van der Waals surface area contributed by atoms with E-state index in [1.165, 1.54) is 11.0 Å². The Kier molecular flexibility index (Phi) is 6.85. The number of carbonyl (C=O) groups excluding carboxylic acids is 2. The predicted octanol–water partition coefficient (Wildman–Crippen LogP) is 4.94. The van der Waals surface area contributed by atoms with Gasteiger partial charge in [0.1, 0.15) is 5.69 Å². The molecule has 2 amide bonds. The predicted molar refractivity (Wildman–Crippen MR) is 134 cm³/mol. The Morgan fingerprint density at radius 2 is 1.85 bits per heavy atom. The zero-order valence-electron chi connectivity index (χ0n) is 18.6. The molecule has 0 atom stereocenters. The molecular weight excluding hydrogens is 450 g/mol. The minimum Gasteiger partial charge on any atom is -0.345 e. The largest absolute Gasteiger partial charge is 0.345 e. The Bertz CT molecular complexity index is 1350. The minimum absolute atomic E-state index is 0.244. The topological polar surface area (TPSA) is 80.1 Å². The Morgan fingerprint density at radius 3 is 2.56 bits per heavy atom.